The van der Waals surface area contributed by atoms with Crippen LogP contribution in [-0.4, -0.2) is 32.1 Å². The lowest BCUT2D eigenvalue weighted by molar-refractivity contribution is -0.121. The van der Waals surface area contributed by atoms with Gasteiger partial charge in [0.1, 0.15) is 12.4 Å². The Bertz CT molecular complexity index is 478. The quantitative estimate of drug-likeness (QED) is 0.742. The largest absolute Gasteiger partial charge is 0.488 e. The highest BCUT2D eigenvalue weighted by atomic mass is 16.7. The molecule has 2 aromatic rings. The summed E-state index contributed by atoms with van der Waals surface area (Å²) in [7, 11) is 3.17. The van der Waals surface area contributed by atoms with Gasteiger partial charge in [-0.3, -0.25) is 4.98 Å². The molecule has 1 aromatic carbocycles. The van der Waals surface area contributed by atoms with E-state index in [0.29, 0.717) is 6.61 Å². The van der Waals surface area contributed by atoms with Crippen LogP contribution in [0.2, 0.25) is 0 Å². The highest BCUT2D eigenvalue weighted by Gasteiger charge is 2.08. The molecule has 17 heavy (non-hydrogen) atoms. The lowest BCUT2D eigenvalue weighted by atomic mass is 10.2. The Hall–Kier alpha value is -1.65. The molecule has 0 unspecified atom stereocenters. The summed E-state index contributed by atoms with van der Waals surface area (Å²) in [6, 6.07) is 9.64. The summed E-state index contributed by atoms with van der Waals surface area (Å²) in [4.78, 5) is 4.27. The molecule has 0 N–H and O–H groups in total. The number of aromatic nitrogens is 1. The Morgan fingerprint density at radius 2 is 1.94 bits per heavy atom. The van der Waals surface area contributed by atoms with E-state index in [4.69, 9.17) is 14.2 Å². The molecular weight excluding hydrogens is 218 g/mol. The molecule has 1 aromatic heterocycles. The highest BCUT2D eigenvalue weighted by Crippen LogP contribution is 2.23. The van der Waals surface area contributed by atoms with Gasteiger partial charge in [0.25, 0.3) is 0 Å². The molecule has 4 nitrogen and oxygen atoms in total. The number of nitrogens with zero attached hydrogens (tertiary/aromatic N) is 1. The number of benzene rings is 1. The Kier molecular flexibility index (Phi) is 3.90. The van der Waals surface area contributed by atoms with E-state index >= 15 is 0 Å². The third-order valence-electron chi connectivity index (χ3n) is 2.51. The highest BCUT2D eigenvalue weighted by molar-refractivity contribution is 5.84. The molecule has 0 aliphatic heterocycles. The molecule has 90 valence electrons. The minimum Gasteiger partial charge on any atom is -0.488 e. The van der Waals surface area contributed by atoms with Crippen LogP contribution < -0.4 is 4.74 Å². The second kappa shape index (κ2) is 5.61. The fraction of sp³-hybridized carbons (Fsp3) is 0.308. The van der Waals surface area contributed by atoms with Crippen molar-refractivity contribution in [3.8, 4) is 5.75 Å². The third-order valence-corrected chi connectivity index (χ3v) is 2.51. The molecule has 0 atom stereocenters. The van der Waals surface area contributed by atoms with Gasteiger partial charge in [-0.25, -0.2) is 0 Å². The van der Waals surface area contributed by atoms with E-state index in [-0.39, 0.29) is 6.29 Å². The zero-order chi connectivity index (χ0) is 12.1. The van der Waals surface area contributed by atoms with Gasteiger partial charge in [0, 0.05) is 25.8 Å². The molecule has 0 saturated carbocycles. The van der Waals surface area contributed by atoms with Crippen LogP contribution in [0.5, 0.6) is 5.75 Å². The minimum atomic E-state index is -0.359. The Balaban J connectivity index is 2.18. The summed E-state index contributed by atoms with van der Waals surface area (Å²) in [6.07, 6.45) is 1.40. The minimum absolute atomic E-state index is 0.348. The molecule has 0 spiro atoms. The van der Waals surface area contributed by atoms with E-state index in [0.717, 1.165) is 16.7 Å². The SMILES string of the molecule is COC(COc1cccc2ncccc12)OC. The van der Waals surface area contributed by atoms with Crippen molar-refractivity contribution in [1.82, 2.24) is 4.98 Å². The first-order valence-corrected chi connectivity index (χ1v) is 5.37. The second-order valence-corrected chi connectivity index (χ2v) is 3.54. The van der Waals surface area contributed by atoms with Gasteiger partial charge < -0.3 is 14.2 Å². The van der Waals surface area contributed by atoms with Crippen LogP contribution in [0.15, 0.2) is 36.5 Å². The number of hydrogen-bond acceptors (Lipinski definition) is 4. The fourth-order valence-electron chi connectivity index (χ4n) is 1.59. The van der Waals surface area contributed by atoms with Crippen LogP contribution in [0.4, 0.5) is 0 Å². The van der Waals surface area contributed by atoms with Crippen molar-refractivity contribution in [3.05, 3.63) is 36.5 Å². The van der Waals surface area contributed by atoms with Crippen LogP contribution in [0.25, 0.3) is 10.9 Å². The molecule has 0 fully saturated rings. The van der Waals surface area contributed by atoms with Gasteiger partial charge in [-0.2, -0.15) is 0 Å². The first-order chi connectivity index (χ1) is 8.35. The Labute approximate surface area is 100 Å². The molecule has 0 radical (unpaired) electrons. The molecule has 0 aliphatic carbocycles. The smallest absolute Gasteiger partial charge is 0.191 e. The number of methoxy groups -OCH3 is 2. The number of ether oxygens (including phenoxy) is 3. The number of hydrogen-bond donors (Lipinski definition) is 0. The number of rotatable bonds is 5. The molecule has 1 heterocycles. The Morgan fingerprint density at radius 1 is 1.12 bits per heavy atom. The van der Waals surface area contributed by atoms with Gasteiger partial charge in [-0.1, -0.05) is 6.07 Å². The van der Waals surface area contributed by atoms with Crippen LogP contribution in [-0.2, 0) is 9.47 Å². The number of pyridine rings is 1. The van der Waals surface area contributed by atoms with Gasteiger partial charge >= 0.3 is 0 Å². The van der Waals surface area contributed by atoms with Gasteiger partial charge in [-0.05, 0) is 24.3 Å². The average molecular weight is 233 g/mol. The lowest BCUT2D eigenvalue weighted by Crippen LogP contribution is -2.22. The van der Waals surface area contributed by atoms with E-state index in [1.165, 1.54) is 0 Å². The predicted molar refractivity (Wildman–Crippen MR) is 65.0 cm³/mol. The topological polar surface area (TPSA) is 40.6 Å². The van der Waals surface area contributed by atoms with Crippen molar-refractivity contribution < 1.29 is 14.2 Å². The maximum Gasteiger partial charge on any atom is 0.191 e. The van der Waals surface area contributed by atoms with Crippen molar-refractivity contribution in [2.24, 2.45) is 0 Å². The van der Waals surface area contributed by atoms with Crippen molar-refractivity contribution in [1.29, 1.82) is 0 Å². The van der Waals surface area contributed by atoms with E-state index < -0.39 is 0 Å². The van der Waals surface area contributed by atoms with Crippen LogP contribution in [0.3, 0.4) is 0 Å². The summed E-state index contributed by atoms with van der Waals surface area (Å²) in [6.45, 7) is 0.348. The lowest BCUT2D eigenvalue weighted by Gasteiger charge is -2.15. The van der Waals surface area contributed by atoms with Gasteiger partial charge in [0.05, 0.1) is 5.52 Å². The summed E-state index contributed by atoms with van der Waals surface area (Å²) in [5.74, 6) is 0.787. The molecule has 2 rings (SSSR count). The van der Waals surface area contributed by atoms with E-state index in [1.54, 1.807) is 20.4 Å². The molecule has 0 aliphatic rings. The average Bonchev–Trinajstić information content (AvgIpc) is 2.40. The first kappa shape index (κ1) is 11.8. The van der Waals surface area contributed by atoms with E-state index in [1.807, 2.05) is 30.3 Å². The van der Waals surface area contributed by atoms with E-state index in [2.05, 4.69) is 4.98 Å². The summed E-state index contributed by atoms with van der Waals surface area (Å²) in [5, 5.41) is 0.987. The maximum atomic E-state index is 5.67. The zero-order valence-corrected chi connectivity index (χ0v) is 9.92. The molecule has 4 heteroatoms. The van der Waals surface area contributed by atoms with Crippen LogP contribution >= 0.6 is 0 Å². The van der Waals surface area contributed by atoms with Gasteiger partial charge in [-0.15, -0.1) is 0 Å². The first-order valence-electron chi connectivity index (χ1n) is 5.37. The van der Waals surface area contributed by atoms with Crippen molar-refractivity contribution in [3.63, 3.8) is 0 Å². The standard InChI is InChI=1S/C13H15NO3/c1-15-13(16-2)9-17-12-7-3-6-11-10(12)5-4-8-14-11/h3-8,13H,9H2,1-2H3. The monoisotopic (exact) mass is 233 g/mol. The second-order valence-electron chi connectivity index (χ2n) is 3.54. The number of fused-ring (bicyclic) bond motifs is 1. The van der Waals surface area contributed by atoms with Gasteiger partial charge in [0.15, 0.2) is 6.29 Å². The summed E-state index contributed by atoms with van der Waals surface area (Å²) >= 11 is 0. The molecular formula is C13H15NO3. The van der Waals surface area contributed by atoms with Crippen LogP contribution in [0, 0.1) is 0 Å². The Morgan fingerprint density at radius 3 is 2.71 bits per heavy atom. The zero-order valence-electron chi connectivity index (χ0n) is 9.92. The molecule has 0 bridgehead atoms. The third kappa shape index (κ3) is 2.72. The molecule has 0 saturated heterocycles. The maximum absolute atomic E-state index is 5.67. The van der Waals surface area contributed by atoms with Crippen molar-refractivity contribution in [2.75, 3.05) is 20.8 Å². The normalized spacial score (nSPS) is 11.0. The van der Waals surface area contributed by atoms with Crippen LogP contribution in [0.1, 0.15) is 0 Å². The van der Waals surface area contributed by atoms with E-state index in [9.17, 15) is 0 Å². The van der Waals surface area contributed by atoms with Crippen molar-refractivity contribution >= 4 is 10.9 Å². The fourth-order valence-corrected chi connectivity index (χ4v) is 1.59. The van der Waals surface area contributed by atoms with Gasteiger partial charge in [0.2, 0.25) is 0 Å². The molecule has 0 amide bonds. The summed E-state index contributed by atoms with van der Waals surface area (Å²) < 4.78 is 15.8. The van der Waals surface area contributed by atoms with Crippen molar-refractivity contribution in [2.45, 2.75) is 6.29 Å². The summed E-state index contributed by atoms with van der Waals surface area (Å²) in [5.41, 5.74) is 0.913. The predicted octanol–water partition coefficient (Wildman–Crippen LogP) is 2.23.